The number of fused-ring (bicyclic) bond motifs is 1. The van der Waals surface area contributed by atoms with E-state index >= 15 is 0 Å². The molecule has 54 valence electrons. The fraction of sp³-hybridized carbons (Fsp3) is 0. The maximum absolute atomic E-state index is 4.89. The van der Waals surface area contributed by atoms with Gasteiger partial charge in [0.25, 0.3) is 0 Å². The van der Waals surface area contributed by atoms with Crippen LogP contribution in [0.25, 0.3) is 11.2 Å². The van der Waals surface area contributed by atoms with Crippen molar-refractivity contribution in [1.82, 2.24) is 25.1 Å². The van der Waals surface area contributed by atoms with E-state index in [1.54, 1.807) is 0 Å². The Hall–Kier alpha value is -1.43. The van der Waals surface area contributed by atoms with Gasteiger partial charge in [-0.3, -0.25) is 0 Å². The van der Waals surface area contributed by atoms with Gasteiger partial charge in [-0.2, -0.15) is 0 Å². The van der Waals surface area contributed by atoms with Crippen LogP contribution in [0.15, 0.2) is 12.7 Å². The molecule has 0 unspecified atom stereocenters. The molecule has 0 aliphatic carbocycles. The first kappa shape index (κ1) is 6.29. The van der Waals surface area contributed by atoms with Gasteiger partial charge in [0, 0.05) is 0 Å². The van der Waals surface area contributed by atoms with Crippen molar-refractivity contribution in [2.45, 2.75) is 0 Å². The summed E-state index contributed by atoms with van der Waals surface area (Å²) in [6.07, 6.45) is 2.81. The third kappa shape index (κ3) is 0.966. The Morgan fingerprint density at radius 2 is 2.27 bits per heavy atom. The average molecular weight is 165 g/mol. The van der Waals surface area contributed by atoms with Gasteiger partial charge in [0.2, 0.25) is 0 Å². The zero-order valence-corrected chi connectivity index (χ0v) is 6.17. The highest BCUT2D eigenvalue weighted by atomic mass is 32.1. The molecule has 11 heavy (non-hydrogen) atoms. The summed E-state index contributed by atoms with van der Waals surface area (Å²) < 4.78 is 0.439. The van der Waals surface area contributed by atoms with E-state index in [4.69, 9.17) is 12.2 Å². The molecule has 0 saturated carbocycles. The van der Waals surface area contributed by atoms with E-state index in [2.05, 4.69) is 25.1 Å². The first-order chi connectivity index (χ1) is 5.38. The molecule has 0 amide bonds. The second-order valence-electron chi connectivity index (χ2n) is 1.86. The summed E-state index contributed by atoms with van der Waals surface area (Å²) in [5, 5.41) is 7.35. The largest absolute Gasteiger partial charge is 0.328 e. The summed E-state index contributed by atoms with van der Waals surface area (Å²) in [4.78, 5) is 10.5. The van der Waals surface area contributed by atoms with E-state index in [9.17, 15) is 0 Å². The fourth-order valence-corrected chi connectivity index (χ4v) is 0.945. The van der Waals surface area contributed by atoms with Crippen molar-refractivity contribution < 1.29 is 0 Å². The molecular weight excluding hydrogens is 162 g/mol. The zero-order valence-electron chi connectivity index (χ0n) is 5.35. The Balaban J connectivity index is 3.03. The van der Waals surface area contributed by atoms with E-state index < -0.39 is 0 Å². The predicted octanol–water partition coefficient (Wildman–Crippen LogP) is 0.477. The molecule has 0 fully saturated rings. The Bertz CT molecular complexity index is 431. The standard InChI is InChI=1S/C5H3N5S/c11-5-3-4(7-1-8-5)10-9-2-6-3/h1-2H,(H,7,8,10,11). The molecule has 0 aromatic carbocycles. The summed E-state index contributed by atoms with van der Waals surface area (Å²) in [5.41, 5.74) is 1.14. The molecule has 2 aromatic heterocycles. The molecule has 0 radical (unpaired) electrons. The topological polar surface area (TPSA) is 67.3 Å². The molecule has 0 bridgehead atoms. The Kier molecular flexibility index (Phi) is 1.32. The predicted molar refractivity (Wildman–Crippen MR) is 40.3 cm³/mol. The molecule has 0 atom stereocenters. The minimum absolute atomic E-state index is 0.439. The first-order valence-corrected chi connectivity index (χ1v) is 3.30. The lowest BCUT2D eigenvalue weighted by molar-refractivity contribution is 0.986. The smallest absolute Gasteiger partial charge is 0.182 e. The van der Waals surface area contributed by atoms with Gasteiger partial charge in [0.1, 0.15) is 11.8 Å². The number of hydrogen-bond acceptors (Lipinski definition) is 5. The molecule has 0 spiro atoms. The van der Waals surface area contributed by atoms with Crippen LogP contribution in [0.5, 0.6) is 0 Å². The number of hydrogen-bond donors (Lipinski definition) is 1. The summed E-state index contributed by atoms with van der Waals surface area (Å²) in [5.74, 6) is 0. The van der Waals surface area contributed by atoms with Crippen molar-refractivity contribution >= 4 is 23.4 Å². The van der Waals surface area contributed by atoms with Crippen LogP contribution in [0, 0.1) is 4.64 Å². The normalized spacial score (nSPS) is 10.2. The van der Waals surface area contributed by atoms with Crippen molar-refractivity contribution in [3.8, 4) is 0 Å². The van der Waals surface area contributed by atoms with Gasteiger partial charge in [-0.15, -0.1) is 10.2 Å². The Morgan fingerprint density at radius 1 is 1.36 bits per heavy atom. The molecule has 0 aliphatic heterocycles. The Morgan fingerprint density at radius 3 is 3.09 bits per heavy atom. The van der Waals surface area contributed by atoms with Gasteiger partial charge in [-0.05, 0) is 0 Å². The summed E-state index contributed by atoms with van der Waals surface area (Å²) in [6.45, 7) is 0. The van der Waals surface area contributed by atoms with Gasteiger partial charge in [0.05, 0.1) is 6.33 Å². The number of aromatic nitrogens is 5. The number of rotatable bonds is 0. The summed E-state index contributed by atoms with van der Waals surface area (Å²) >= 11 is 4.89. The van der Waals surface area contributed by atoms with E-state index in [1.165, 1.54) is 12.7 Å². The highest BCUT2D eigenvalue weighted by Gasteiger charge is 1.95. The molecule has 1 N–H and O–H groups in total. The zero-order chi connectivity index (χ0) is 7.68. The molecular formula is C5H3N5S. The molecule has 2 rings (SSSR count). The van der Waals surface area contributed by atoms with Crippen LogP contribution in [0.2, 0.25) is 0 Å². The van der Waals surface area contributed by atoms with Crippen molar-refractivity contribution in [2.24, 2.45) is 0 Å². The number of H-pyrrole nitrogens is 1. The minimum atomic E-state index is 0.439. The average Bonchev–Trinajstić information content (AvgIpc) is 2.06. The van der Waals surface area contributed by atoms with Crippen LogP contribution in [0.3, 0.4) is 0 Å². The van der Waals surface area contributed by atoms with Crippen molar-refractivity contribution in [3.05, 3.63) is 17.3 Å². The van der Waals surface area contributed by atoms with E-state index in [0.29, 0.717) is 15.8 Å². The molecule has 0 saturated heterocycles. The highest BCUT2D eigenvalue weighted by Crippen LogP contribution is 2.00. The quantitative estimate of drug-likeness (QED) is 0.575. The number of nitrogens with zero attached hydrogens (tertiary/aromatic N) is 4. The molecule has 6 heteroatoms. The third-order valence-corrected chi connectivity index (χ3v) is 1.50. The number of aromatic amines is 1. The monoisotopic (exact) mass is 165 g/mol. The van der Waals surface area contributed by atoms with Crippen LogP contribution in [0.1, 0.15) is 0 Å². The molecule has 5 nitrogen and oxygen atoms in total. The van der Waals surface area contributed by atoms with Gasteiger partial charge >= 0.3 is 0 Å². The van der Waals surface area contributed by atoms with Crippen LogP contribution < -0.4 is 0 Å². The third-order valence-electron chi connectivity index (χ3n) is 1.21. The minimum Gasteiger partial charge on any atom is -0.328 e. The highest BCUT2D eigenvalue weighted by molar-refractivity contribution is 7.71. The first-order valence-electron chi connectivity index (χ1n) is 2.89. The SMILES string of the molecule is S=c1nc[nH]c2nncnc12. The van der Waals surface area contributed by atoms with Crippen molar-refractivity contribution in [3.63, 3.8) is 0 Å². The second-order valence-corrected chi connectivity index (χ2v) is 2.25. The van der Waals surface area contributed by atoms with Crippen molar-refractivity contribution in [1.29, 1.82) is 0 Å². The maximum Gasteiger partial charge on any atom is 0.182 e. The van der Waals surface area contributed by atoms with Gasteiger partial charge in [-0.25, -0.2) is 9.97 Å². The molecule has 2 heterocycles. The lowest BCUT2D eigenvalue weighted by Gasteiger charge is -1.90. The van der Waals surface area contributed by atoms with E-state index in [1.807, 2.05) is 0 Å². The number of nitrogens with one attached hydrogen (secondary N) is 1. The Labute approximate surface area is 66.5 Å². The summed E-state index contributed by atoms with van der Waals surface area (Å²) in [7, 11) is 0. The second kappa shape index (κ2) is 2.31. The van der Waals surface area contributed by atoms with Crippen LogP contribution >= 0.6 is 12.2 Å². The van der Waals surface area contributed by atoms with Crippen molar-refractivity contribution in [2.75, 3.05) is 0 Å². The van der Waals surface area contributed by atoms with Crippen LogP contribution in [0.4, 0.5) is 0 Å². The lowest BCUT2D eigenvalue weighted by atomic mass is 10.5. The lowest BCUT2D eigenvalue weighted by Crippen LogP contribution is -1.91. The summed E-state index contributed by atoms with van der Waals surface area (Å²) in [6, 6.07) is 0. The van der Waals surface area contributed by atoms with Gasteiger partial charge < -0.3 is 4.98 Å². The fourth-order valence-electron chi connectivity index (χ4n) is 0.743. The molecule has 0 aliphatic rings. The van der Waals surface area contributed by atoms with Gasteiger partial charge in [-0.1, -0.05) is 12.2 Å². The van der Waals surface area contributed by atoms with E-state index in [0.717, 1.165) is 0 Å². The molecule has 2 aromatic rings. The van der Waals surface area contributed by atoms with Crippen LogP contribution in [-0.4, -0.2) is 25.1 Å². The van der Waals surface area contributed by atoms with E-state index in [-0.39, 0.29) is 0 Å². The van der Waals surface area contributed by atoms with Gasteiger partial charge in [0.15, 0.2) is 10.3 Å². The van der Waals surface area contributed by atoms with Crippen LogP contribution in [-0.2, 0) is 0 Å². The maximum atomic E-state index is 4.89.